The Morgan fingerprint density at radius 2 is 1.59 bits per heavy atom. The van der Waals surface area contributed by atoms with Gasteiger partial charge in [-0.3, -0.25) is 9.59 Å². The summed E-state index contributed by atoms with van der Waals surface area (Å²) in [5.41, 5.74) is -1.86. The van der Waals surface area contributed by atoms with Crippen molar-refractivity contribution in [2.75, 3.05) is 0 Å². The van der Waals surface area contributed by atoms with E-state index < -0.39 is 77.4 Å². The molecule has 3 saturated heterocycles. The molecule has 3 fully saturated rings. The van der Waals surface area contributed by atoms with Gasteiger partial charge in [-0.25, -0.2) is 4.79 Å². The summed E-state index contributed by atoms with van der Waals surface area (Å²) in [6, 6.07) is 0. The number of carbonyl (C=O) groups excluding carboxylic acids is 3. The van der Waals surface area contributed by atoms with Crippen molar-refractivity contribution in [3.05, 3.63) is 12.2 Å². The molecule has 0 radical (unpaired) electrons. The van der Waals surface area contributed by atoms with Gasteiger partial charge in [0.1, 0.15) is 5.60 Å². The molecule has 9 heteroatoms. The number of hydrogen-bond acceptors (Lipinski definition) is 9. The zero-order chi connectivity index (χ0) is 24.2. The molecule has 3 aliphatic rings. The summed E-state index contributed by atoms with van der Waals surface area (Å²) in [4.78, 5) is 37.7. The van der Waals surface area contributed by atoms with E-state index in [2.05, 4.69) is 6.58 Å². The van der Waals surface area contributed by atoms with E-state index in [0.29, 0.717) is 12.8 Å². The van der Waals surface area contributed by atoms with Gasteiger partial charge in [0.05, 0.1) is 23.9 Å². The zero-order valence-electron chi connectivity index (χ0n) is 19.5. The minimum Gasteiger partial charge on any atom is -0.456 e. The quantitative estimate of drug-likeness (QED) is 0.369. The van der Waals surface area contributed by atoms with Crippen molar-refractivity contribution in [2.45, 2.75) is 90.2 Å². The minimum absolute atomic E-state index is 0.0498. The van der Waals surface area contributed by atoms with E-state index in [4.69, 9.17) is 18.9 Å². The molecule has 0 aromatic carbocycles. The van der Waals surface area contributed by atoms with Crippen molar-refractivity contribution in [3.8, 4) is 0 Å². The molecule has 2 bridgehead atoms. The van der Waals surface area contributed by atoms with Gasteiger partial charge in [0, 0.05) is 11.5 Å². The molecule has 3 rings (SSSR count). The fourth-order valence-corrected chi connectivity index (χ4v) is 4.62. The first-order valence-corrected chi connectivity index (χ1v) is 11.1. The maximum atomic E-state index is 12.6. The molecule has 0 aliphatic carbocycles. The van der Waals surface area contributed by atoms with E-state index >= 15 is 0 Å². The smallest absolute Gasteiger partial charge is 0.334 e. The van der Waals surface area contributed by atoms with Gasteiger partial charge in [-0.05, 0) is 19.8 Å². The number of ether oxygens (including phenoxy) is 4. The molecule has 8 atom stereocenters. The first-order chi connectivity index (χ1) is 14.7. The Hall–Kier alpha value is -1.97. The highest BCUT2D eigenvalue weighted by Crippen LogP contribution is 2.50. The molecule has 0 amide bonds. The van der Waals surface area contributed by atoms with Gasteiger partial charge in [0.15, 0.2) is 18.3 Å². The lowest BCUT2D eigenvalue weighted by atomic mass is 9.70. The summed E-state index contributed by atoms with van der Waals surface area (Å²) in [6.45, 7) is 13.5. The van der Waals surface area contributed by atoms with Crippen LogP contribution in [0.3, 0.4) is 0 Å². The summed E-state index contributed by atoms with van der Waals surface area (Å²) in [5, 5.41) is 23.2. The number of aliphatic hydroxyl groups is 2. The topological polar surface area (TPSA) is 129 Å². The van der Waals surface area contributed by atoms with Crippen LogP contribution in [0, 0.1) is 23.7 Å². The summed E-state index contributed by atoms with van der Waals surface area (Å²) < 4.78 is 22.9. The number of esters is 3. The maximum absolute atomic E-state index is 12.6. The lowest BCUT2D eigenvalue weighted by Crippen LogP contribution is -2.70. The van der Waals surface area contributed by atoms with Gasteiger partial charge in [-0.15, -0.1) is 0 Å². The normalized spacial score (nSPS) is 41.6. The molecule has 0 aromatic heterocycles. The highest BCUT2D eigenvalue weighted by Gasteiger charge is 2.67. The second-order valence-corrected chi connectivity index (χ2v) is 10.0. The van der Waals surface area contributed by atoms with Gasteiger partial charge in [0.25, 0.3) is 0 Å². The Bertz CT molecular complexity index is 801. The third kappa shape index (κ3) is 3.95. The fraction of sp³-hybridized carbons (Fsp3) is 0.783. The lowest BCUT2D eigenvalue weighted by Gasteiger charge is -2.54. The first kappa shape index (κ1) is 24.7. The Kier molecular flexibility index (Phi) is 6.49. The van der Waals surface area contributed by atoms with Gasteiger partial charge in [-0.2, -0.15) is 0 Å². The average Bonchev–Trinajstić information content (AvgIpc) is 2.98. The van der Waals surface area contributed by atoms with Crippen LogP contribution in [0.4, 0.5) is 0 Å². The van der Waals surface area contributed by atoms with Crippen molar-refractivity contribution < 1.29 is 43.5 Å². The predicted octanol–water partition coefficient (Wildman–Crippen LogP) is 1.49. The van der Waals surface area contributed by atoms with Gasteiger partial charge >= 0.3 is 17.9 Å². The number of hydrogen-bond donors (Lipinski definition) is 2. The van der Waals surface area contributed by atoms with Crippen molar-refractivity contribution in [2.24, 2.45) is 23.7 Å². The average molecular weight is 455 g/mol. The monoisotopic (exact) mass is 454 g/mol. The highest BCUT2D eigenvalue weighted by atomic mass is 16.7. The van der Waals surface area contributed by atoms with Crippen molar-refractivity contribution >= 4 is 17.9 Å². The van der Waals surface area contributed by atoms with Gasteiger partial charge in [-0.1, -0.05) is 41.2 Å². The first-order valence-electron chi connectivity index (χ1n) is 11.1. The molecule has 3 heterocycles. The van der Waals surface area contributed by atoms with Crippen LogP contribution >= 0.6 is 0 Å². The Morgan fingerprint density at radius 3 is 2.12 bits per heavy atom. The Balaban J connectivity index is 2.17. The van der Waals surface area contributed by atoms with Crippen molar-refractivity contribution in [1.82, 2.24) is 0 Å². The summed E-state index contributed by atoms with van der Waals surface area (Å²) in [6.07, 6.45) is -4.08. The molecule has 0 aromatic rings. The molecule has 0 saturated carbocycles. The van der Waals surface area contributed by atoms with Gasteiger partial charge in [0.2, 0.25) is 5.79 Å². The van der Waals surface area contributed by atoms with Crippen LogP contribution in [-0.4, -0.2) is 63.9 Å². The molecule has 8 unspecified atom stereocenters. The minimum atomic E-state index is -2.01. The predicted molar refractivity (Wildman–Crippen MR) is 111 cm³/mol. The molecular weight excluding hydrogens is 420 g/mol. The van der Waals surface area contributed by atoms with Crippen LogP contribution in [-0.2, 0) is 33.3 Å². The molecule has 180 valence electrons. The second-order valence-electron chi connectivity index (χ2n) is 10.0. The second kappa shape index (κ2) is 8.43. The van der Waals surface area contributed by atoms with E-state index in [0.717, 1.165) is 0 Å². The third-order valence-corrected chi connectivity index (χ3v) is 6.85. The SMILES string of the molecule is C=C1C(=O)OC2C1C(OC(=O)C(C)C)C1(O)OC(CCC1C)C(C)(O)C2OC(=O)C(C)C. The maximum Gasteiger partial charge on any atom is 0.334 e. The van der Waals surface area contributed by atoms with E-state index in [1.54, 1.807) is 34.6 Å². The summed E-state index contributed by atoms with van der Waals surface area (Å²) >= 11 is 0. The lowest BCUT2D eigenvalue weighted by molar-refractivity contribution is -0.368. The molecule has 2 N–H and O–H groups in total. The Labute approximate surface area is 188 Å². The molecule has 0 spiro atoms. The molecule has 3 aliphatic heterocycles. The molecular formula is C23H34O9. The van der Waals surface area contributed by atoms with E-state index in [-0.39, 0.29) is 5.57 Å². The zero-order valence-corrected chi connectivity index (χ0v) is 19.5. The van der Waals surface area contributed by atoms with E-state index in [1.165, 1.54) is 6.92 Å². The standard InChI is InChI=1S/C23H34O9/c1-10(2)19(24)30-17-15-13(6)21(26)29-16(15)18(31-20(25)11(3)4)22(7,27)14-9-8-12(5)23(17,28)32-14/h10-12,14-18,27-28H,6,8-9H2,1-5,7H3. The van der Waals surface area contributed by atoms with Crippen LogP contribution in [0.25, 0.3) is 0 Å². The van der Waals surface area contributed by atoms with Crippen LogP contribution in [0.1, 0.15) is 54.4 Å². The largest absolute Gasteiger partial charge is 0.456 e. The highest BCUT2D eigenvalue weighted by molar-refractivity contribution is 5.91. The third-order valence-electron chi connectivity index (χ3n) is 6.85. The van der Waals surface area contributed by atoms with Gasteiger partial charge < -0.3 is 29.2 Å². The summed E-state index contributed by atoms with van der Waals surface area (Å²) in [5.74, 6) is -6.58. The Morgan fingerprint density at radius 1 is 1.06 bits per heavy atom. The van der Waals surface area contributed by atoms with Crippen LogP contribution in [0.15, 0.2) is 12.2 Å². The van der Waals surface area contributed by atoms with Crippen LogP contribution < -0.4 is 0 Å². The van der Waals surface area contributed by atoms with Crippen LogP contribution in [0.2, 0.25) is 0 Å². The molecule has 32 heavy (non-hydrogen) atoms. The van der Waals surface area contributed by atoms with Crippen molar-refractivity contribution in [1.29, 1.82) is 0 Å². The van der Waals surface area contributed by atoms with E-state index in [9.17, 15) is 24.6 Å². The molecule has 9 nitrogen and oxygen atoms in total. The summed E-state index contributed by atoms with van der Waals surface area (Å²) in [7, 11) is 0. The van der Waals surface area contributed by atoms with E-state index in [1.807, 2.05) is 0 Å². The number of carbonyl (C=O) groups is 3. The fourth-order valence-electron chi connectivity index (χ4n) is 4.62. The number of fused-ring (bicyclic) bond motifs is 3. The van der Waals surface area contributed by atoms with Crippen LogP contribution in [0.5, 0.6) is 0 Å². The van der Waals surface area contributed by atoms with Crippen molar-refractivity contribution in [3.63, 3.8) is 0 Å². The number of rotatable bonds is 4.